The van der Waals surface area contributed by atoms with E-state index in [9.17, 15) is 0 Å². The molecule has 1 nitrogen and oxygen atoms in total. The van der Waals surface area contributed by atoms with Crippen molar-refractivity contribution in [2.75, 3.05) is 0 Å². The maximum atomic E-state index is 8.63. The molecular weight excluding hydrogens is 76.1 g/mol. The molecule has 0 aliphatic heterocycles. The van der Waals surface area contributed by atoms with E-state index in [0.29, 0.717) is 5.92 Å². The molecule has 0 aromatic heterocycles. The molecule has 0 heterocycles. The molecule has 0 aromatic carbocycles. The smallest absolute Gasteiger partial charge is 0.0572 e. The molecule has 0 bridgehead atoms. The van der Waals surface area contributed by atoms with E-state index >= 15 is 0 Å². The standard InChI is InChI=1S/C5H10O/c1-2-4-3-5(4)6/h4-6H,2-3H2,1H3. The number of aliphatic hydroxyl groups is 1. The quantitative estimate of drug-likeness (QED) is 0.500. The maximum absolute atomic E-state index is 8.63. The van der Waals surface area contributed by atoms with Crippen molar-refractivity contribution in [1.82, 2.24) is 0 Å². The number of hydrogen-bond donors (Lipinski definition) is 1. The van der Waals surface area contributed by atoms with E-state index in [4.69, 9.17) is 5.11 Å². The van der Waals surface area contributed by atoms with Gasteiger partial charge in [0.1, 0.15) is 0 Å². The van der Waals surface area contributed by atoms with Gasteiger partial charge in [0.15, 0.2) is 0 Å². The van der Waals surface area contributed by atoms with Crippen LogP contribution in [0.4, 0.5) is 0 Å². The lowest BCUT2D eigenvalue weighted by Crippen LogP contribution is -1.79. The summed E-state index contributed by atoms with van der Waals surface area (Å²) in [6.07, 6.45) is 2.27. The lowest BCUT2D eigenvalue weighted by Gasteiger charge is -1.78. The molecule has 1 N–H and O–H groups in total. The lowest BCUT2D eigenvalue weighted by atomic mass is 10.3. The van der Waals surface area contributed by atoms with E-state index in [1.165, 1.54) is 0 Å². The predicted molar refractivity (Wildman–Crippen MR) is 24.4 cm³/mol. The van der Waals surface area contributed by atoms with Gasteiger partial charge in [-0.25, -0.2) is 0 Å². The first-order valence-electron chi connectivity index (χ1n) is 2.52. The van der Waals surface area contributed by atoms with Gasteiger partial charge in [-0.15, -0.1) is 0 Å². The monoisotopic (exact) mass is 86.1 g/mol. The molecule has 0 amide bonds. The normalized spacial score (nSPS) is 43.0. The predicted octanol–water partition coefficient (Wildman–Crippen LogP) is 0.777. The molecule has 2 atom stereocenters. The summed E-state index contributed by atoms with van der Waals surface area (Å²) in [6.45, 7) is 2.11. The van der Waals surface area contributed by atoms with Crippen LogP contribution in [-0.2, 0) is 0 Å². The largest absolute Gasteiger partial charge is 0.393 e. The molecule has 6 heavy (non-hydrogen) atoms. The Morgan fingerprint density at radius 1 is 1.83 bits per heavy atom. The number of hydrogen-bond acceptors (Lipinski definition) is 1. The minimum absolute atomic E-state index is 0.0648. The van der Waals surface area contributed by atoms with E-state index in [0.717, 1.165) is 12.8 Å². The fourth-order valence-corrected chi connectivity index (χ4v) is 0.670. The van der Waals surface area contributed by atoms with Crippen LogP contribution in [0.2, 0.25) is 0 Å². The molecule has 0 spiro atoms. The number of aliphatic hydroxyl groups excluding tert-OH is 1. The highest BCUT2D eigenvalue weighted by atomic mass is 16.3. The summed E-state index contributed by atoms with van der Waals surface area (Å²) in [5, 5.41) is 8.63. The zero-order valence-electron chi connectivity index (χ0n) is 4.02. The third-order valence-electron chi connectivity index (χ3n) is 1.41. The summed E-state index contributed by atoms with van der Waals surface area (Å²) >= 11 is 0. The van der Waals surface area contributed by atoms with E-state index in [-0.39, 0.29) is 6.10 Å². The van der Waals surface area contributed by atoms with Crippen molar-refractivity contribution in [3.63, 3.8) is 0 Å². The topological polar surface area (TPSA) is 20.2 Å². The Morgan fingerprint density at radius 3 is 2.33 bits per heavy atom. The molecule has 1 fully saturated rings. The van der Waals surface area contributed by atoms with E-state index in [2.05, 4.69) is 6.92 Å². The van der Waals surface area contributed by atoms with Crippen molar-refractivity contribution in [2.45, 2.75) is 25.9 Å². The highest BCUT2D eigenvalue weighted by Crippen LogP contribution is 2.32. The third-order valence-corrected chi connectivity index (χ3v) is 1.41. The van der Waals surface area contributed by atoms with Crippen LogP contribution in [0.3, 0.4) is 0 Å². The van der Waals surface area contributed by atoms with Gasteiger partial charge in [-0.2, -0.15) is 0 Å². The molecule has 1 saturated carbocycles. The van der Waals surface area contributed by atoms with Gasteiger partial charge in [0.05, 0.1) is 6.10 Å². The summed E-state index contributed by atoms with van der Waals surface area (Å²) in [5.41, 5.74) is 0. The molecule has 1 heteroatoms. The molecule has 36 valence electrons. The van der Waals surface area contributed by atoms with Gasteiger partial charge in [0, 0.05) is 0 Å². The Morgan fingerprint density at radius 2 is 2.33 bits per heavy atom. The van der Waals surface area contributed by atoms with Crippen LogP contribution < -0.4 is 0 Å². The summed E-state index contributed by atoms with van der Waals surface area (Å²) < 4.78 is 0. The fourth-order valence-electron chi connectivity index (χ4n) is 0.670. The Labute approximate surface area is 38.0 Å². The van der Waals surface area contributed by atoms with Crippen LogP contribution in [0.25, 0.3) is 0 Å². The van der Waals surface area contributed by atoms with Gasteiger partial charge in [0.25, 0.3) is 0 Å². The van der Waals surface area contributed by atoms with Crippen LogP contribution in [-0.4, -0.2) is 11.2 Å². The van der Waals surface area contributed by atoms with Gasteiger partial charge >= 0.3 is 0 Å². The molecule has 1 rings (SSSR count). The average molecular weight is 86.1 g/mol. The van der Waals surface area contributed by atoms with E-state index < -0.39 is 0 Å². The van der Waals surface area contributed by atoms with Gasteiger partial charge in [-0.1, -0.05) is 13.3 Å². The van der Waals surface area contributed by atoms with Gasteiger partial charge in [-0.05, 0) is 12.3 Å². The molecule has 0 radical (unpaired) electrons. The van der Waals surface area contributed by atoms with Crippen molar-refractivity contribution >= 4 is 0 Å². The molecular formula is C5H10O. The Bertz CT molecular complexity index is 49.9. The van der Waals surface area contributed by atoms with Crippen LogP contribution >= 0.6 is 0 Å². The van der Waals surface area contributed by atoms with Gasteiger partial charge in [-0.3, -0.25) is 0 Å². The van der Waals surface area contributed by atoms with Gasteiger partial charge in [0.2, 0.25) is 0 Å². The average Bonchev–Trinajstić information content (AvgIpc) is 2.19. The maximum Gasteiger partial charge on any atom is 0.0572 e. The molecule has 0 aromatic rings. The Balaban J connectivity index is 2.09. The molecule has 1 aliphatic carbocycles. The second kappa shape index (κ2) is 1.23. The lowest BCUT2D eigenvalue weighted by molar-refractivity contribution is 0.258. The Hall–Kier alpha value is -0.0400. The fraction of sp³-hybridized carbons (Fsp3) is 1.00. The van der Waals surface area contributed by atoms with Crippen LogP contribution in [0, 0.1) is 5.92 Å². The molecule has 2 unspecified atom stereocenters. The zero-order valence-corrected chi connectivity index (χ0v) is 4.02. The number of rotatable bonds is 1. The molecule has 1 aliphatic rings. The first-order valence-corrected chi connectivity index (χ1v) is 2.52. The second-order valence-electron chi connectivity index (χ2n) is 1.97. The van der Waals surface area contributed by atoms with Gasteiger partial charge < -0.3 is 5.11 Å². The second-order valence-corrected chi connectivity index (χ2v) is 1.97. The summed E-state index contributed by atoms with van der Waals surface area (Å²) in [4.78, 5) is 0. The summed E-state index contributed by atoms with van der Waals surface area (Å²) in [6, 6.07) is 0. The van der Waals surface area contributed by atoms with Crippen molar-refractivity contribution in [3.8, 4) is 0 Å². The Kier molecular flexibility index (Phi) is 0.845. The minimum atomic E-state index is 0.0648. The summed E-state index contributed by atoms with van der Waals surface area (Å²) in [5.74, 6) is 0.657. The SMILES string of the molecule is CCC1CC1O. The highest BCUT2D eigenvalue weighted by molar-refractivity contribution is 4.83. The van der Waals surface area contributed by atoms with Crippen molar-refractivity contribution in [1.29, 1.82) is 0 Å². The zero-order chi connectivity index (χ0) is 4.57. The van der Waals surface area contributed by atoms with Crippen LogP contribution in [0.1, 0.15) is 19.8 Å². The van der Waals surface area contributed by atoms with Crippen molar-refractivity contribution < 1.29 is 5.11 Å². The first-order chi connectivity index (χ1) is 2.84. The van der Waals surface area contributed by atoms with Crippen LogP contribution in [0.5, 0.6) is 0 Å². The van der Waals surface area contributed by atoms with Crippen molar-refractivity contribution in [3.05, 3.63) is 0 Å². The summed E-state index contributed by atoms with van der Waals surface area (Å²) in [7, 11) is 0. The van der Waals surface area contributed by atoms with Crippen LogP contribution in [0.15, 0.2) is 0 Å². The van der Waals surface area contributed by atoms with E-state index in [1.807, 2.05) is 0 Å². The minimum Gasteiger partial charge on any atom is -0.393 e. The van der Waals surface area contributed by atoms with Crippen molar-refractivity contribution in [2.24, 2.45) is 5.92 Å². The van der Waals surface area contributed by atoms with E-state index in [1.54, 1.807) is 0 Å². The first kappa shape index (κ1) is 4.13. The molecule has 0 saturated heterocycles. The third kappa shape index (κ3) is 0.548. The highest BCUT2D eigenvalue weighted by Gasteiger charge is 2.32.